The fourth-order valence-electron chi connectivity index (χ4n) is 2.04. The van der Waals surface area contributed by atoms with Crippen LogP contribution in [0.4, 0.5) is 5.69 Å². The van der Waals surface area contributed by atoms with Gasteiger partial charge in [0.2, 0.25) is 0 Å². The van der Waals surface area contributed by atoms with Crippen LogP contribution in [0.2, 0.25) is 0 Å². The van der Waals surface area contributed by atoms with Crippen molar-refractivity contribution in [2.45, 2.75) is 19.9 Å². The second-order valence-electron chi connectivity index (χ2n) is 4.33. The van der Waals surface area contributed by atoms with E-state index in [4.69, 9.17) is 0 Å². The fraction of sp³-hybridized carbons (Fsp3) is 0.200. The number of benzene rings is 1. The Balaban J connectivity index is 1.81. The highest BCUT2D eigenvalue weighted by Crippen LogP contribution is 2.23. The predicted octanol–water partition coefficient (Wildman–Crippen LogP) is 3.87. The molecule has 1 aromatic carbocycles. The summed E-state index contributed by atoms with van der Waals surface area (Å²) in [5, 5.41) is 7.03. The molecule has 2 aromatic heterocycles. The lowest BCUT2D eigenvalue weighted by atomic mass is 10.1. The van der Waals surface area contributed by atoms with Gasteiger partial charge in [0, 0.05) is 34.5 Å². The summed E-state index contributed by atoms with van der Waals surface area (Å²) in [5.41, 5.74) is 1.12. The van der Waals surface area contributed by atoms with E-state index in [1.54, 1.807) is 11.3 Å². The van der Waals surface area contributed by atoms with Crippen molar-refractivity contribution >= 4 is 27.8 Å². The molecule has 0 unspecified atom stereocenters. The molecule has 0 fully saturated rings. The Morgan fingerprint density at radius 2 is 2.16 bits per heavy atom. The van der Waals surface area contributed by atoms with Crippen LogP contribution in [0.15, 0.2) is 42.9 Å². The van der Waals surface area contributed by atoms with Gasteiger partial charge in [0.25, 0.3) is 0 Å². The number of aryl methyl sites for hydroxylation is 1. The Hall–Kier alpha value is -1.94. The molecule has 3 aromatic rings. The highest BCUT2D eigenvalue weighted by atomic mass is 32.1. The first-order valence-corrected chi connectivity index (χ1v) is 7.18. The normalized spacial score (nSPS) is 10.8. The SMILES string of the molecule is CCc1ncc(CNc2cccc3ccncc23)s1. The number of hydrogen-bond donors (Lipinski definition) is 1. The summed E-state index contributed by atoms with van der Waals surface area (Å²) >= 11 is 1.77. The molecule has 0 aliphatic heterocycles. The Morgan fingerprint density at radius 1 is 1.21 bits per heavy atom. The van der Waals surface area contributed by atoms with E-state index >= 15 is 0 Å². The van der Waals surface area contributed by atoms with Gasteiger partial charge in [0.15, 0.2) is 0 Å². The van der Waals surface area contributed by atoms with Crippen LogP contribution in [-0.4, -0.2) is 9.97 Å². The Labute approximate surface area is 116 Å². The van der Waals surface area contributed by atoms with E-state index in [0.717, 1.165) is 24.0 Å². The van der Waals surface area contributed by atoms with Crippen molar-refractivity contribution in [1.82, 2.24) is 9.97 Å². The number of nitrogens with one attached hydrogen (secondary N) is 1. The summed E-state index contributed by atoms with van der Waals surface area (Å²) in [6.45, 7) is 2.94. The molecule has 2 heterocycles. The maximum Gasteiger partial charge on any atom is 0.0925 e. The molecular formula is C15H15N3S. The summed E-state index contributed by atoms with van der Waals surface area (Å²) < 4.78 is 0. The highest BCUT2D eigenvalue weighted by Gasteiger charge is 2.03. The van der Waals surface area contributed by atoms with Gasteiger partial charge >= 0.3 is 0 Å². The average Bonchev–Trinajstić information content (AvgIpc) is 2.93. The topological polar surface area (TPSA) is 37.8 Å². The van der Waals surface area contributed by atoms with Crippen LogP contribution in [-0.2, 0) is 13.0 Å². The van der Waals surface area contributed by atoms with Crippen LogP contribution in [0.25, 0.3) is 10.8 Å². The summed E-state index contributed by atoms with van der Waals surface area (Å²) in [7, 11) is 0. The molecule has 0 saturated carbocycles. The second kappa shape index (κ2) is 5.36. The molecule has 0 bridgehead atoms. The molecule has 0 amide bonds. The molecule has 0 spiro atoms. The number of aromatic nitrogens is 2. The second-order valence-corrected chi connectivity index (χ2v) is 5.53. The van der Waals surface area contributed by atoms with E-state index in [-0.39, 0.29) is 0 Å². The van der Waals surface area contributed by atoms with E-state index in [9.17, 15) is 0 Å². The van der Waals surface area contributed by atoms with Crippen molar-refractivity contribution in [3.05, 3.63) is 52.7 Å². The van der Waals surface area contributed by atoms with Gasteiger partial charge < -0.3 is 5.32 Å². The van der Waals surface area contributed by atoms with Crippen LogP contribution < -0.4 is 5.32 Å². The molecule has 1 N–H and O–H groups in total. The molecule has 0 atom stereocenters. The standard InChI is InChI=1S/C15H15N3S/c1-2-15-18-9-12(19-15)8-17-14-5-3-4-11-6-7-16-10-13(11)14/h3-7,9-10,17H,2,8H2,1H3. The van der Waals surface area contributed by atoms with Gasteiger partial charge in [-0.2, -0.15) is 0 Å². The van der Waals surface area contributed by atoms with Crippen LogP contribution in [0.5, 0.6) is 0 Å². The fourth-order valence-corrected chi connectivity index (χ4v) is 2.85. The first-order chi connectivity index (χ1) is 9.36. The van der Waals surface area contributed by atoms with Crippen LogP contribution in [0.3, 0.4) is 0 Å². The highest BCUT2D eigenvalue weighted by molar-refractivity contribution is 7.11. The molecule has 19 heavy (non-hydrogen) atoms. The lowest BCUT2D eigenvalue weighted by molar-refractivity contribution is 1.09. The Morgan fingerprint density at radius 3 is 3.00 bits per heavy atom. The zero-order chi connectivity index (χ0) is 13.1. The lowest BCUT2D eigenvalue weighted by Gasteiger charge is -2.08. The maximum atomic E-state index is 4.38. The number of anilines is 1. The summed E-state index contributed by atoms with van der Waals surface area (Å²) in [5.74, 6) is 0. The van der Waals surface area contributed by atoms with Crippen LogP contribution >= 0.6 is 11.3 Å². The molecule has 4 heteroatoms. The van der Waals surface area contributed by atoms with Gasteiger partial charge in [-0.15, -0.1) is 11.3 Å². The first kappa shape index (κ1) is 12.1. The molecular weight excluding hydrogens is 254 g/mol. The zero-order valence-corrected chi connectivity index (χ0v) is 11.6. The monoisotopic (exact) mass is 269 g/mol. The maximum absolute atomic E-state index is 4.38. The zero-order valence-electron chi connectivity index (χ0n) is 10.8. The molecule has 0 radical (unpaired) electrons. The third-order valence-corrected chi connectivity index (χ3v) is 4.18. The van der Waals surface area contributed by atoms with Gasteiger partial charge in [-0.25, -0.2) is 4.98 Å². The minimum atomic E-state index is 0.811. The molecule has 3 rings (SSSR count). The van der Waals surface area contributed by atoms with Crippen LogP contribution in [0.1, 0.15) is 16.8 Å². The number of hydrogen-bond acceptors (Lipinski definition) is 4. The van der Waals surface area contributed by atoms with Crippen molar-refractivity contribution in [2.75, 3.05) is 5.32 Å². The van der Waals surface area contributed by atoms with E-state index in [1.165, 1.54) is 15.3 Å². The van der Waals surface area contributed by atoms with Gasteiger partial charge in [0.1, 0.15) is 0 Å². The van der Waals surface area contributed by atoms with E-state index < -0.39 is 0 Å². The third-order valence-electron chi connectivity index (χ3n) is 3.04. The largest absolute Gasteiger partial charge is 0.380 e. The Kier molecular flexibility index (Phi) is 3.42. The quantitative estimate of drug-likeness (QED) is 0.781. The summed E-state index contributed by atoms with van der Waals surface area (Å²) in [6, 6.07) is 8.28. The predicted molar refractivity (Wildman–Crippen MR) is 80.6 cm³/mol. The van der Waals surface area contributed by atoms with E-state index in [1.807, 2.05) is 24.7 Å². The smallest absolute Gasteiger partial charge is 0.0925 e. The van der Waals surface area contributed by atoms with Gasteiger partial charge in [0.05, 0.1) is 11.6 Å². The lowest BCUT2D eigenvalue weighted by Crippen LogP contribution is -1.98. The number of fused-ring (bicyclic) bond motifs is 1. The molecule has 0 saturated heterocycles. The van der Waals surface area contributed by atoms with Gasteiger partial charge in [-0.05, 0) is 23.9 Å². The third kappa shape index (κ3) is 2.58. The van der Waals surface area contributed by atoms with Crippen molar-refractivity contribution in [3.63, 3.8) is 0 Å². The Bertz CT molecular complexity index is 685. The number of pyridine rings is 1. The minimum Gasteiger partial charge on any atom is -0.380 e. The minimum absolute atomic E-state index is 0.811. The van der Waals surface area contributed by atoms with E-state index in [0.29, 0.717) is 0 Å². The van der Waals surface area contributed by atoms with Gasteiger partial charge in [-0.1, -0.05) is 19.1 Å². The molecule has 0 aliphatic carbocycles. The molecule has 96 valence electrons. The van der Waals surface area contributed by atoms with Crippen molar-refractivity contribution in [3.8, 4) is 0 Å². The number of nitrogens with zero attached hydrogens (tertiary/aromatic N) is 2. The van der Waals surface area contributed by atoms with Crippen LogP contribution in [0, 0.1) is 0 Å². The summed E-state index contributed by atoms with van der Waals surface area (Å²) in [4.78, 5) is 9.83. The van der Waals surface area contributed by atoms with Crippen molar-refractivity contribution < 1.29 is 0 Å². The van der Waals surface area contributed by atoms with Crippen molar-refractivity contribution in [2.24, 2.45) is 0 Å². The number of rotatable bonds is 4. The molecule has 3 nitrogen and oxygen atoms in total. The number of thiazole rings is 1. The van der Waals surface area contributed by atoms with Gasteiger partial charge in [-0.3, -0.25) is 4.98 Å². The molecule has 0 aliphatic rings. The first-order valence-electron chi connectivity index (χ1n) is 6.37. The summed E-state index contributed by atoms with van der Waals surface area (Å²) in [6.07, 6.45) is 6.69. The van der Waals surface area contributed by atoms with E-state index in [2.05, 4.69) is 40.4 Å². The van der Waals surface area contributed by atoms with Crippen molar-refractivity contribution in [1.29, 1.82) is 0 Å². The average molecular weight is 269 g/mol.